The minimum absolute atomic E-state index is 0.0196. The first-order chi connectivity index (χ1) is 26.9. The molecule has 308 valence electrons. The van der Waals surface area contributed by atoms with Crippen LogP contribution in [0.5, 0.6) is 5.88 Å². The average molecular weight is 816 g/mol. The van der Waals surface area contributed by atoms with E-state index >= 15 is 0 Å². The molecule has 1 aromatic carbocycles. The number of nitrogens with zero attached hydrogens (tertiary/aromatic N) is 6. The monoisotopic (exact) mass is 815 g/mol. The van der Waals surface area contributed by atoms with Crippen LogP contribution in [0.1, 0.15) is 71.8 Å². The van der Waals surface area contributed by atoms with Gasteiger partial charge in [0.1, 0.15) is 16.3 Å². The zero-order valence-corrected chi connectivity index (χ0v) is 33.5. The van der Waals surface area contributed by atoms with Crippen molar-refractivity contribution in [2.75, 3.05) is 64.5 Å². The molecule has 0 radical (unpaired) electrons. The number of aliphatic carboxylic acids is 1. The van der Waals surface area contributed by atoms with E-state index in [4.69, 9.17) is 19.2 Å². The molecule has 3 aromatic heterocycles. The quantitative estimate of drug-likeness (QED) is 0.216. The first-order valence-corrected chi connectivity index (χ1v) is 20.4. The number of anilines is 1. The van der Waals surface area contributed by atoms with E-state index in [1.54, 1.807) is 45.9 Å². The van der Waals surface area contributed by atoms with Gasteiger partial charge in [-0.2, -0.15) is 22.5 Å². The molecular formula is C39H48F3N7O7S. The van der Waals surface area contributed by atoms with Crippen molar-refractivity contribution < 1.29 is 45.7 Å². The Bertz CT molecular complexity index is 2270. The Balaban J connectivity index is 1.26. The predicted octanol–water partition coefficient (Wildman–Crippen LogP) is 5.19. The van der Waals surface area contributed by atoms with Gasteiger partial charge in [-0.25, -0.2) is 8.42 Å². The van der Waals surface area contributed by atoms with Crippen molar-refractivity contribution in [1.82, 2.24) is 28.8 Å². The lowest BCUT2D eigenvalue weighted by Crippen LogP contribution is -2.50. The van der Waals surface area contributed by atoms with Crippen LogP contribution in [0.4, 0.5) is 19.0 Å². The Morgan fingerprint density at radius 1 is 1.00 bits per heavy atom. The van der Waals surface area contributed by atoms with E-state index in [1.165, 1.54) is 16.6 Å². The normalized spacial score (nSPS) is 19.5. The summed E-state index contributed by atoms with van der Waals surface area (Å²) in [6, 6.07) is 8.45. The maximum atomic E-state index is 14.7. The number of nitrogens with one attached hydrogen (secondary N) is 1. The number of fused-ring (bicyclic) bond motifs is 2. The lowest BCUT2D eigenvalue weighted by atomic mass is 9.70. The van der Waals surface area contributed by atoms with Crippen molar-refractivity contribution in [2.24, 2.45) is 5.41 Å². The number of carbonyl (C=O) groups is 1. The number of pyridine rings is 2. The third kappa shape index (κ3) is 7.93. The van der Waals surface area contributed by atoms with Crippen molar-refractivity contribution in [3.8, 4) is 5.88 Å². The van der Waals surface area contributed by atoms with Crippen LogP contribution in [0.3, 0.4) is 0 Å². The Labute approximate surface area is 329 Å². The van der Waals surface area contributed by atoms with Gasteiger partial charge in [0.2, 0.25) is 21.7 Å². The molecule has 57 heavy (non-hydrogen) atoms. The molecule has 3 aliphatic rings. The summed E-state index contributed by atoms with van der Waals surface area (Å²) < 4.78 is 90.7. The van der Waals surface area contributed by atoms with Gasteiger partial charge >= 0.3 is 12.1 Å². The number of sulfonamides is 1. The fourth-order valence-electron chi connectivity index (χ4n) is 8.04. The minimum atomic E-state index is -4.75. The maximum Gasteiger partial charge on any atom is 0.452 e. The van der Waals surface area contributed by atoms with Crippen LogP contribution in [-0.4, -0.2) is 113 Å². The average Bonchev–Trinajstić information content (AvgIpc) is 3.59. The molecule has 0 saturated carbocycles. The van der Waals surface area contributed by atoms with Crippen LogP contribution >= 0.6 is 0 Å². The number of hydrogen-bond acceptors (Lipinski definition) is 11. The molecule has 0 unspecified atom stereocenters. The van der Waals surface area contributed by atoms with E-state index in [2.05, 4.69) is 20.4 Å². The molecule has 0 aliphatic carbocycles. The lowest BCUT2D eigenvalue weighted by Gasteiger charge is -2.38. The van der Waals surface area contributed by atoms with Gasteiger partial charge in [-0.1, -0.05) is 18.2 Å². The standard InChI is InChI=1S/C39H48F3N7O7S/c1-24-6-7-27(31(37(4,5)36(50)51)29-8-12-49-33(26(29)3)45-46-35(49)39(40,41)42)21-28(24)22-48-23-38(9-16-54-17-10-38)56-34-30(57(48,52)53)20-25(2)32(44-34)43-11-13-47-14-18-55-19-15-47/h6-8,12,20-21,31H,9-11,13-19,22-23H2,1-5H3,(H,43,44)(H,50,51)/t31-/m1/s1. The molecule has 1 atom stereocenters. The number of carboxylic acids is 1. The van der Waals surface area contributed by atoms with Crippen LogP contribution in [0.2, 0.25) is 0 Å². The molecule has 2 N–H and O–H groups in total. The fourth-order valence-corrected chi connectivity index (χ4v) is 9.66. The largest absolute Gasteiger partial charge is 0.481 e. The summed E-state index contributed by atoms with van der Waals surface area (Å²) in [5.74, 6) is -2.63. The number of aryl methyl sites for hydroxylation is 3. The number of halogens is 3. The number of aromatic nitrogens is 4. The molecule has 18 heteroatoms. The summed E-state index contributed by atoms with van der Waals surface area (Å²) in [7, 11) is -4.20. The third-order valence-electron chi connectivity index (χ3n) is 11.5. The molecule has 0 bridgehead atoms. The van der Waals surface area contributed by atoms with E-state index in [0.29, 0.717) is 79.4 Å². The van der Waals surface area contributed by atoms with Crippen LogP contribution in [0.25, 0.3) is 5.65 Å². The molecule has 6 heterocycles. The van der Waals surface area contributed by atoms with Gasteiger partial charge in [0.05, 0.1) is 38.4 Å². The summed E-state index contributed by atoms with van der Waals surface area (Å²) in [6.07, 6.45) is -2.68. The molecule has 1 spiro atoms. The van der Waals surface area contributed by atoms with Gasteiger partial charge < -0.3 is 24.6 Å². The smallest absolute Gasteiger partial charge is 0.452 e. The van der Waals surface area contributed by atoms with E-state index < -0.39 is 44.9 Å². The van der Waals surface area contributed by atoms with Gasteiger partial charge in [-0.15, -0.1) is 10.2 Å². The zero-order valence-electron chi connectivity index (χ0n) is 32.6. The zero-order chi connectivity index (χ0) is 40.9. The number of benzene rings is 1. The van der Waals surface area contributed by atoms with Crippen molar-refractivity contribution >= 4 is 27.5 Å². The Kier molecular flexibility index (Phi) is 11.1. The highest BCUT2D eigenvalue weighted by Crippen LogP contribution is 2.45. The SMILES string of the molecule is Cc1ccc([C@H](c2ccn3c(C(F)(F)F)nnc3c2C)C(C)(C)C(=O)O)cc1CN1CC2(CCOCC2)Oc2nc(NCCN3CCOCC3)c(C)cc2S1(=O)=O. The molecule has 7 rings (SSSR count). The maximum absolute atomic E-state index is 14.7. The highest BCUT2D eigenvalue weighted by atomic mass is 32.2. The second-order valence-corrected chi connectivity index (χ2v) is 17.7. The number of morpholine rings is 1. The highest BCUT2D eigenvalue weighted by molar-refractivity contribution is 7.89. The number of alkyl halides is 3. The summed E-state index contributed by atoms with van der Waals surface area (Å²) >= 11 is 0. The topological polar surface area (TPSA) is 161 Å². The fraction of sp³-hybridized carbons (Fsp3) is 0.538. The second kappa shape index (κ2) is 15.4. The molecule has 4 aromatic rings. The third-order valence-corrected chi connectivity index (χ3v) is 13.3. The van der Waals surface area contributed by atoms with E-state index in [9.17, 15) is 31.5 Å². The summed E-state index contributed by atoms with van der Waals surface area (Å²) in [6.45, 7) is 13.5. The molecule has 14 nitrogen and oxygen atoms in total. The van der Waals surface area contributed by atoms with Crippen molar-refractivity contribution in [1.29, 1.82) is 0 Å². The molecular weight excluding hydrogens is 768 g/mol. The van der Waals surface area contributed by atoms with Crippen LogP contribution in [0, 0.1) is 26.2 Å². The Hall–Kier alpha value is -4.36. The van der Waals surface area contributed by atoms with E-state index in [1.807, 2.05) is 13.0 Å². The van der Waals surface area contributed by atoms with E-state index in [-0.39, 0.29) is 29.5 Å². The second-order valence-electron chi connectivity index (χ2n) is 15.8. The summed E-state index contributed by atoms with van der Waals surface area (Å²) in [4.78, 5) is 19.9. The first-order valence-electron chi connectivity index (χ1n) is 19.0. The van der Waals surface area contributed by atoms with Crippen LogP contribution in [-0.2, 0) is 37.0 Å². The highest BCUT2D eigenvalue weighted by Gasteiger charge is 2.47. The molecule has 3 aliphatic heterocycles. The van der Waals surface area contributed by atoms with Crippen LogP contribution < -0.4 is 10.1 Å². The predicted molar refractivity (Wildman–Crippen MR) is 203 cm³/mol. The number of ether oxygens (including phenoxy) is 3. The summed E-state index contributed by atoms with van der Waals surface area (Å²) in [5, 5.41) is 21.1. The first kappa shape index (κ1) is 40.8. The number of rotatable bonds is 10. The Morgan fingerprint density at radius 2 is 1.70 bits per heavy atom. The van der Waals surface area contributed by atoms with Gasteiger partial charge in [-0.05, 0) is 80.1 Å². The van der Waals surface area contributed by atoms with Crippen molar-refractivity contribution in [3.05, 3.63) is 75.7 Å². The lowest BCUT2D eigenvalue weighted by molar-refractivity contribution is -0.147. The van der Waals surface area contributed by atoms with Gasteiger partial charge in [-0.3, -0.25) is 14.1 Å². The van der Waals surface area contributed by atoms with Crippen molar-refractivity contribution in [2.45, 2.75) is 76.6 Å². The minimum Gasteiger partial charge on any atom is -0.481 e. The number of hydrogen-bond donors (Lipinski definition) is 2. The molecule has 2 fully saturated rings. The van der Waals surface area contributed by atoms with Gasteiger partial charge in [0.25, 0.3) is 0 Å². The van der Waals surface area contributed by atoms with Gasteiger partial charge in [0.15, 0.2) is 5.65 Å². The molecule has 0 amide bonds. The summed E-state index contributed by atoms with van der Waals surface area (Å²) in [5.41, 5.74) is 0.925. The van der Waals surface area contributed by atoms with Gasteiger partial charge in [0, 0.05) is 57.7 Å². The van der Waals surface area contributed by atoms with E-state index in [0.717, 1.165) is 29.6 Å². The van der Waals surface area contributed by atoms with Crippen molar-refractivity contribution in [3.63, 3.8) is 0 Å². The van der Waals surface area contributed by atoms with Crippen LogP contribution in [0.15, 0.2) is 41.4 Å². The number of carboxylic acid groups (broad SMARTS) is 1. The molecule has 2 saturated heterocycles. The Morgan fingerprint density at radius 3 is 2.39 bits per heavy atom.